The van der Waals surface area contributed by atoms with E-state index >= 15 is 0 Å². The molecule has 0 saturated heterocycles. The van der Waals surface area contributed by atoms with Crippen molar-refractivity contribution in [1.29, 1.82) is 0 Å². The smallest absolute Gasteiger partial charge is 0.358 e. The monoisotopic (exact) mass is 453 g/mol. The van der Waals surface area contributed by atoms with Crippen molar-refractivity contribution >= 4 is 39.0 Å². The number of carbonyl (C=O) groups is 2. The summed E-state index contributed by atoms with van der Waals surface area (Å²) in [6.07, 6.45) is 1.66. The van der Waals surface area contributed by atoms with Gasteiger partial charge in [-0.15, -0.1) is 11.3 Å². The maximum atomic E-state index is 14.4. The Hall–Kier alpha value is -3.56. The number of rotatable bonds is 7. The molecule has 0 aliphatic heterocycles. The summed E-state index contributed by atoms with van der Waals surface area (Å²) < 4.78 is 26.7. The zero-order valence-electron chi connectivity index (χ0n) is 17.4. The number of amides is 1. The third-order valence-electron chi connectivity index (χ3n) is 4.72. The first-order valence-electron chi connectivity index (χ1n) is 9.85. The Balaban J connectivity index is 1.54. The fourth-order valence-electron chi connectivity index (χ4n) is 3.30. The fraction of sp³-hybridized carbons (Fsp3) is 0.174. The summed E-state index contributed by atoms with van der Waals surface area (Å²) in [5.41, 5.74) is 2.02. The molecule has 0 atom stereocenters. The van der Waals surface area contributed by atoms with Crippen LogP contribution in [0.2, 0.25) is 0 Å². The van der Waals surface area contributed by atoms with Crippen LogP contribution in [-0.2, 0) is 16.1 Å². The van der Waals surface area contributed by atoms with E-state index in [-0.39, 0.29) is 30.6 Å². The number of hydrogen-bond acceptors (Lipinski definition) is 6. The minimum atomic E-state index is -0.484. The highest BCUT2D eigenvalue weighted by molar-refractivity contribution is 7.21. The van der Waals surface area contributed by atoms with Crippen LogP contribution in [0.3, 0.4) is 0 Å². The van der Waals surface area contributed by atoms with Crippen molar-refractivity contribution in [2.24, 2.45) is 0 Å². The van der Waals surface area contributed by atoms with E-state index in [1.165, 1.54) is 24.5 Å². The highest BCUT2D eigenvalue weighted by Crippen LogP contribution is 2.34. The van der Waals surface area contributed by atoms with Crippen molar-refractivity contribution in [2.45, 2.75) is 13.5 Å². The second-order valence-corrected chi connectivity index (χ2v) is 7.87. The Morgan fingerprint density at radius 3 is 2.66 bits per heavy atom. The van der Waals surface area contributed by atoms with Crippen molar-refractivity contribution in [3.63, 3.8) is 0 Å². The number of halogens is 1. The van der Waals surface area contributed by atoms with Gasteiger partial charge >= 0.3 is 5.97 Å². The molecule has 1 amide bonds. The number of nitrogens with zero attached hydrogens (tertiary/aromatic N) is 2. The molecule has 7 nitrogen and oxygen atoms in total. The molecule has 0 aliphatic rings. The van der Waals surface area contributed by atoms with Gasteiger partial charge in [-0.25, -0.2) is 13.9 Å². The van der Waals surface area contributed by atoms with Crippen LogP contribution in [0.4, 0.5) is 10.1 Å². The van der Waals surface area contributed by atoms with E-state index < -0.39 is 5.97 Å². The lowest BCUT2D eigenvalue weighted by Crippen LogP contribution is -2.12. The predicted octanol–water partition coefficient (Wildman–Crippen LogP) is 4.80. The molecule has 32 heavy (non-hydrogen) atoms. The molecule has 4 aromatic rings. The van der Waals surface area contributed by atoms with Gasteiger partial charge < -0.3 is 14.8 Å². The number of hydrogen-bond donors (Lipinski definition) is 1. The summed E-state index contributed by atoms with van der Waals surface area (Å²) in [5, 5.41) is 7.47. The largest absolute Gasteiger partial charge is 0.461 e. The molecule has 0 saturated carbocycles. The molecule has 0 radical (unpaired) electrons. The number of esters is 1. The Kier molecular flexibility index (Phi) is 6.29. The number of methoxy groups -OCH3 is 1. The van der Waals surface area contributed by atoms with E-state index in [9.17, 15) is 14.0 Å². The van der Waals surface area contributed by atoms with Crippen LogP contribution in [0.5, 0.6) is 0 Å². The number of benzene rings is 2. The maximum absolute atomic E-state index is 14.4. The molecule has 2 heterocycles. The SMILES string of the molecule is CCOC(=O)c1ccn(-c2ccc(NC(=O)c3sc4cccc(F)c4c3COC)cc2)n1. The average molecular weight is 453 g/mol. The van der Waals surface area contributed by atoms with Gasteiger partial charge in [0.05, 0.1) is 23.8 Å². The zero-order valence-corrected chi connectivity index (χ0v) is 18.2. The Bertz CT molecular complexity index is 1280. The number of ether oxygens (including phenoxy) is 2. The average Bonchev–Trinajstić information content (AvgIpc) is 3.41. The topological polar surface area (TPSA) is 82.5 Å². The van der Waals surface area contributed by atoms with Gasteiger partial charge in [-0.05, 0) is 49.4 Å². The van der Waals surface area contributed by atoms with Gasteiger partial charge in [-0.3, -0.25) is 4.79 Å². The van der Waals surface area contributed by atoms with Crippen LogP contribution in [-0.4, -0.2) is 35.4 Å². The number of fused-ring (bicyclic) bond motifs is 1. The van der Waals surface area contributed by atoms with Gasteiger partial charge in [0.1, 0.15) is 5.82 Å². The lowest BCUT2D eigenvalue weighted by atomic mass is 10.1. The first-order valence-corrected chi connectivity index (χ1v) is 10.7. The number of aromatic nitrogens is 2. The van der Waals surface area contributed by atoms with E-state index in [1.807, 2.05) is 0 Å². The molecule has 0 unspecified atom stereocenters. The normalized spacial score (nSPS) is 11.0. The highest BCUT2D eigenvalue weighted by atomic mass is 32.1. The van der Waals surface area contributed by atoms with Crippen molar-refractivity contribution in [3.8, 4) is 5.69 Å². The standard InChI is InChI=1S/C23H20FN3O4S/c1-3-31-23(29)18-11-12-27(26-18)15-9-7-14(8-10-15)25-22(28)21-16(13-30-2)20-17(24)5-4-6-19(20)32-21/h4-12H,3,13H2,1-2H3,(H,25,28). The van der Waals surface area contributed by atoms with Gasteiger partial charge in [-0.1, -0.05) is 6.07 Å². The van der Waals surface area contributed by atoms with E-state index in [2.05, 4.69) is 10.4 Å². The molecular weight excluding hydrogens is 433 g/mol. The molecule has 1 N–H and O–H groups in total. The summed E-state index contributed by atoms with van der Waals surface area (Å²) >= 11 is 1.22. The quantitative estimate of drug-likeness (QED) is 0.407. The summed E-state index contributed by atoms with van der Waals surface area (Å²) in [5.74, 6) is -1.20. The van der Waals surface area contributed by atoms with Gasteiger partial charge in [0.15, 0.2) is 5.69 Å². The third-order valence-corrected chi connectivity index (χ3v) is 5.92. The summed E-state index contributed by atoms with van der Waals surface area (Å²) in [4.78, 5) is 25.1. The van der Waals surface area contributed by atoms with E-state index in [4.69, 9.17) is 9.47 Å². The molecular formula is C23H20FN3O4S. The number of anilines is 1. The van der Waals surface area contributed by atoms with Gasteiger partial charge in [-0.2, -0.15) is 5.10 Å². The molecule has 4 rings (SSSR count). The third kappa shape index (κ3) is 4.25. The number of thiophene rings is 1. The molecule has 0 fully saturated rings. The fourth-order valence-corrected chi connectivity index (χ4v) is 4.42. The molecule has 0 spiro atoms. The second-order valence-electron chi connectivity index (χ2n) is 6.82. The molecule has 164 valence electrons. The Labute approximate surface area is 187 Å². The Morgan fingerprint density at radius 2 is 1.94 bits per heavy atom. The molecule has 0 aliphatic carbocycles. The lowest BCUT2D eigenvalue weighted by molar-refractivity contribution is 0.0519. The number of carbonyl (C=O) groups excluding carboxylic acids is 2. The van der Waals surface area contributed by atoms with Crippen LogP contribution in [0.1, 0.15) is 32.6 Å². The zero-order chi connectivity index (χ0) is 22.7. The highest BCUT2D eigenvalue weighted by Gasteiger charge is 2.21. The van der Waals surface area contributed by atoms with Crippen molar-refractivity contribution < 1.29 is 23.5 Å². The minimum absolute atomic E-state index is 0.130. The summed E-state index contributed by atoms with van der Waals surface area (Å²) in [6, 6.07) is 13.3. The van der Waals surface area contributed by atoms with E-state index in [0.717, 1.165) is 0 Å². The molecule has 0 bridgehead atoms. The van der Waals surface area contributed by atoms with Crippen LogP contribution < -0.4 is 5.32 Å². The van der Waals surface area contributed by atoms with Crippen molar-refractivity contribution in [2.75, 3.05) is 19.0 Å². The molecule has 2 aromatic heterocycles. The summed E-state index contributed by atoms with van der Waals surface area (Å²) in [7, 11) is 1.51. The molecule has 2 aromatic carbocycles. The van der Waals surface area contributed by atoms with Gasteiger partial charge in [0.2, 0.25) is 0 Å². The molecule has 9 heteroatoms. The van der Waals surface area contributed by atoms with Crippen LogP contribution in [0.15, 0.2) is 54.7 Å². The summed E-state index contributed by atoms with van der Waals surface area (Å²) in [6.45, 7) is 2.14. The van der Waals surface area contributed by atoms with Gasteiger partial charge in [0, 0.05) is 34.6 Å². The van der Waals surface area contributed by atoms with Crippen LogP contribution >= 0.6 is 11.3 Å². The second kappa shape index (κ2) is 9.29. The Morgan fingerprint density at radius 1 is 1.16 bits per heavy atom. The first kappa shape index (κ1) is 21.7. The maximum Gasteiger partial charge on any atom is 0.358 e. The van der Waals surface area contributed by atoms with E-state index in [1.54, 1.807) is 60.3 Å². The van der Waals surface area contributed by atoms with Crippen LogP contribution in [0, 0.1) is 5.82 Å². The van der Waals surface area contributed by atoms with E-state index in [0.29, 0.717) is 31.9 Å². The van der Waals surface area contributed by atoms with Crippen molar-refractivity contribution in [1.82, 2.24) is 9.78 Å². The van der Waals surface area contributed by atoms with Crippen molar-refractivity contribution in [3.05, 3.63) is 76.7 Å². The van der Waals surface area contributed by atoms with Crippen LogP contribution in [0.25, 0.3) is 15.8 Å². The number of nitrogens with one attached hydrogen (secondary N) is 1. The first-order chi connectivity index (χ1) is 15.5. The predicted molar refractivity (Wildman–Crippen MR) is 120 cm³/mol. The minimum Gasteiger partial charge on any atom is -0.461 e. The van der Waals surface area contributed by atoms with Gasteiger partial charge in [0.25, 0.3) is 5.91 Å². The lowest BCUT2D eigenvalue weighted by Gasteiger charge is -2.08.